The summed E-state index contributed by atoms with van der Waals surface area (Å²) in [6.07, 6.45) is -2.29. The number of aromatic nitrogens is 3. The molecule has 87 heavy (non-hydrogen) atoms. The number of nitrogens with one attached hydrogen (secondary N) is 2. The summed E-state index contributed by atoms with van der Waals surface area (Å²) in [6, 6.07) is 10.0. The summed E-state index contributed by atoms with van der Waals surface area (Å²) < 4.78 is 132. The van der Waals surface area contributed by atoms with E-state index >= 15 is 0 Å². The molecular formula is C48H49N8O25P3S3. The number of carboxylic acid groups (broad SMARTS) is 1. The van der Waals surface area contributed by atoms with Crippen LogP contribution in [0.3, 0.4) is 0 Å². The first-order valence-corrected chi connectivity index (χ1v) is 33.0. The highest BCUT2D eigenvalue weighted by Crippen LogP contribution is 2.66. The molecule has 39 heteroatoms. The lowest BCUT2D eigenvalue weighted by molar-refractivity contribution is -0.386. The molecule has 2 aromatic heterocycles. The number of ether oxygens (including phenoxy) is 3. The SMILES string of the molecule is COc1cc([C@@H](OCc2cn([C@H]3C[C@H](O)[C@@H](COP(O)(=S)OP(=O)(O)OP(=O)(O)O)O3)c3ncnc(N)c23)C(C)(C)C)c([N+](=O)[O-])cc1C#CCNC(=O)c1ccc(-c2c3ccc(=N)c(S(=O)(=O)O)c-3oc3c(S(=O)(=O)O)c(N)ccc23)c(C(=O)O)c1. The number of carbonyl (C=O) groups excluding carboxylic acids is 1. The van der Waals surface area contributed by atoms with Gasteiger partial charge in [-0.15, -0.1) is 0 Å². The lowest BCUT2D eigenvalue weighted by atomic mass is 9.83. The molecule has 14 N–H and O–H groups in total. The molecule has 2 unspecified atom stereocenters. The smallest absolute Gasteiger partial charge is 0.488 e. The van der Waals surface area contributed by atoms with Crippen molar-refractivity contribution in [3.05, 3.63) is 110 Å². The number of carbonyl (C=O) groups is 2. The van der Waals surface area contributed by atoms with E-state index in [0.717, 1.165) is 48.8 Å². The number of fused-ring (bicyclic) bond motifs is 3. The number of nitrogens with two attached hydrogens (primary N) is 2. The van der Waals surface area contributed by atoms with Gasteiger partial charge in [0.1, 0.15) is 35.9 Å². The third-order valence-corrected chi connectivity index (χ3v) is 19.5. The normalized spacial score (nSPS) is 17.5. The first-order chi connectivity index (χ1) is 40.3. The second-order valence-electron chi connectivity index (χ2n) is 19.9. The van der Waals surface area contributed by atoms with E-state index in [1.807, 2.05) is 0 Å². The lowest BCUT2D eigenvalue weighted by Crippen LogP contribution is -2.26. The topological polar surface area (TPSA) is 529 Å². The Morgan fingerprint density at radius 2 is 1.68 bits per heavy atom. The average Bonchev–Trinajstić information content (AvgIpc) is 2.37. The Bertz CT molecular complexity index is 4480. The minimum absolute atomic E-state index is 0.0143. The highest BCUT2D eigenvalue weighted by atomic mass is 32.5. The van der Waals surface area contributed by atoms with Gasteiger partial charge in [-0.3, -0.25) is 29.4 Å². The summed E-state index contributed by atoms with van der Waals surface area (Å²) in [5.74, 6) is 2.06. The second-order valence-corrected chi connectivity index (χ2v) is 28.4. The summed E-state index contributed by atoms with van der Waals surface area (Å²) in [5, 5.41) is 44.2. The maximum absolute atomic E-state index is 13.6. The fourth-order valence-corrected chi connectivity index (χ4v) is 14.9. The molecule has 0 radical (unpaired) electrons. The predicted octanol–water partition coefficient (Wildman–Crippen LogP) is 4.90. The van der Waals surface area contributed by atoms with Crippen LogP contribution in [0.2, 0.25) is 0 Å². The van der Waals surface area contributed by atoms with Crippen molar-refractivity contribution in [2.75, 3.05) is 31.7 Å². The van der Waals surface area contributed by atoms with Crippen LogP contribution in [0.15, 0.2) is 81.3 Å². The van der Waals surface area contributed by atoms with Crippen molar-refractivity contribution in [2.24, 2.45) is 5.41 Å². The van der Waals surface area contributed by atoms with Crippen molar-refractivity contribution in [3.8, 4) is 40.0 Å². The molecule has 6 atom stereocenters. The van der Waals surface area contributed by atoms with Gasteiger partial charge in [0.2, 0.25) is 0 Å². The van der Waals surface area contributed by atoms with Gasteiger partial charge in [0.15, 0.2) is 21.1 Å². The molecule has 1 amide bonds. The molecule has 3 aliphatic rings. The van der Waals surface area contributed by atoms with Crippen LogP contribution in [0.1, 0.15) is 76.9 Å². The number of hydrogen-bond donors (Lipinski definition) is 12. The van der Waals surface area contributed by atoms with Crippen LogP contribution in [-0.4, -0.2) is 120 Å². The van der Waals surface area contributed by atoms with Crippen molar-refractivity contribution in [1.29, 1.82) is 5.41 Å². The number of phosphoric acid groups is 2. The van der Waals surface area contributed by atoms with Crippen molar-refractivity contribution < 1.29 is 111 Å². The molecular weight excluding hydrogens is 1280 g/mol. The minimum atomic E-state index is -5.64. The van der Waals surface area contributed by atoms with Gasteiger partial charge in [0, 0.05) is 46.3 Å². The Kier molecular flexibility index (Phi) is 18.4. The number of aromatic carboxylic acids is 1. The molecule has 0 saturated carbocycles. The minimum Gasteiger partial charge on any atom is -0.495 e. The van der Waals surface area contributed by atoms with Gasteiger partial charge in [0.25, 0.3) is 31.8 Å². The van der Waals surface area contributed by atoms with E-state index in [1.54, 1.807) is 20.8 Å². The first-order valence-electron chi connectivity index (χ1n) is 24.5. The number of carboxylic acids is 1. The molecule has 3 aromatic carbocycles. The Morgan fingerprint density at radius 1 is 1.00 bits per heavy atom. The standard InChI is InChI=1S/C48H49N8O25P3S3/c1-48(2,3)43(76-19-24-18-55(45-37(24)44(51)53-21-54-45)36-17-33(57)35(78-36)20-77-84(68,85)81-83(66,67)80-82(63,64)65)29-16-34(75-4)22(15-32(29)56(61)62)6-5-13-52-46(58)23-7-8-25(28(14-23)47(59)60)38-26-9-11-30(49)41(86(69,70)71)39(26)79-40-27(38)10-12-31(50)42(40)87(72,73)74/h7-12,14-16,18,21,33,35-36,43,49,57H,13,17,19-20,50H2,1-4H3,(H,52,58)(H,59,60)(H,66,67)(H,68,85)(H2,51,53,54)(H2,63,64,65)(H,69,70,71)(H,72,73,74)/t33-,35+,36+,43+,84?/m0/s1. The molecule has 5 aromatic rings. The quantitative estimate of drug-likeness (QED) is 0.00918. The van der Waals surface area contributed by atoms with E-state index in [0.29, 0.717) is 5.56 Å². The summed E-state index contributed by atoms with van der Waals surface area (Å²) in [7, 11) is -20.5. The number of rotatable bonds is 20. The zero-order valence-electron chi connectivity index (χ0n) is 45.0. The first kappa shape index (κ1) is 65.8. The van der Waals surface area contributed by atoms with Gasteiger partial charge in [-0.1, -0.05) is 38.7 Å². The Labute approximate surface area is 495 Å². The number of nitro groups is 1. The zero-order valence-corrected chi connectivity index (χ0v) is 50.1. The van der Waals surface area contributed by atoms with E-state index in [2.05, 4.69) is 47.6 Å². The number of amides is 1. The van der Waals surface area contributed by atoms with Crippen molar-refractivity contribution >= 4 is 105 Å². The molecule has 464 valence electrons. The Hall–Kier alpha value is -7.20. The van der Waals surface area contributed by atoms with Gasteiger partial charge < -0.3 is 74.3 Å². The van der Waals surface area contributed by atoms with Crippen LogP contribution in [0.4, 0.5) is 17.2 Å². The van der Waals surface area contributed by atoms with E-state index < -0.39 is 146 Å². The lowest BCUT2D eigenvalue weighted by Gasteiger charge is -2.31. The molecule has 2 aliphatic heterocycles. The number of nitrogens with zero attached hydrogens (tertiary/aromatic N) is 4. The predicted molar refractivity (Wildman–Crippen MR) is 304 cm³/mol. The van der Waals surface area contributed by atoms with Crippen LogP contribution < -0.4 is 26.9 Å². The zero-order chi connectivity index (χ0) is 64.3. The molecule has 4 heterocycles. The fourth-order valence-electron chi connectivity index (χ4n) is 9.46. The number of aliphatic hydroxyl groups excluding tert-OH is 1. The Balaban J connectivity index is 1.03. The highest BCUT2D eigenvalue weighted by molar-refractivity contribution is 8.08. The van der Waals surface area contributed by atoms with Gasteiger partial charge in [-0.2, -0.15) is 21.1 Å². The number of anilines is 2. The van der Waals surface area contributed by atoms with Crippen LogP contribution in [-0.2, 0) is 70.4 Å². The molecule has 0 bridgehead atoms. The molecule has 33 nitrogen and oxygen atoms in total. The third kappa shape index (κ3) is 14.4. The van der Waals surface area contributed by atoms with Gasteiger partial charge in [-0.05, 0) is 65.2 Å². The largest absolute Gasteiger partial charge is 0.495 e. The molecule has 1 fully saturated rings. The molecule has 1 aliphatic carbocycles. The monoisotopic (exact) mass is 1330 g/mol. The summed E-state index contributed by atoms with van der Waals surface area (Å²) >= 11 is 4.67. The second kappa shape index (κ2) is 24.4. The maximum atomic E-state index is 13.6. The maximum Gasteiger partial charge on any atom is 0.488 e. The van der Waals surface area contributed by atoms with Crippen LogP contribution in [0.5, 0.6) is 5.75 Å². The number of nitro benzene ring substituents is 1. The number of benzene rings is 4. The van der Waals surface area contributed by atoms with E-state index in [1.165, 1.54) is 30.0 Å². The van der Waals surface area contributed by atoms with E-state index in [9.17, 15) is 74.8 Å². The van der Waals surface area contributed by atoms with Gasteiger partial charge in [-0.25, -0.2) is 28.2 Å². The van der Waals surface area contributed by atoms with Crippen molar-refractivity contribution in [3.63, 3.8) is 0 Å². The highest BCUT2D eigenvalue weighted by Gasteiger charge is 2.42. The van der Waals surface area contributed by atoms with Gasteiger partial charge >= 0.3 is 28.3 Å². The average molecular weight is 1330 g/mol. The van der Waals surface area contributed by atoms with Crippen LogP contribution in [0.25, 0.3) is 44.5 Å². The van der Waals surface area contributed by atoms with Crippen molar-refractivity contribution in [2.45, 2.75) is 68.1 Å². The van der Waals surface area contributed by atoms with Crippen LogP contribution in [0, 0.1) is 32.8 Å². The van der Waals surface area contributed by atoms with E-state index in [-0.39, 0.29) is 74.4 Å². The molecule has 0 spiro atoms. The number of nitrogen functional groups attached to an aromatic ring is 2. The number of hydrogen-bond acceptors (Lipinski definition) is 24. The number of methoxy groups -OCH3 is 1. The molecule has 8 rings (SSSR count). The summed E-state index contributed by atoms with van der Waals surface area (Å²) in [4.78, 5) is 82.7. The van der Waals surface area contributed by atoms with Gasteiger partial charge in [0.05, 0.1) is 77.1 Å². The summed E-state index contributed by atoms with van der Waals surface area (Å²) in [5.41, 5.74) is 8.41. The third-order valence-electron chi connectivity index (χ3n) is 12.9. The molecule has 1 saturated heterocycles. The number of aliphatic hydroxyl groups is 1. The fraction of sp³-hybridized carbons (Fsp3) is 0.271. The van der Waals surface area contributed by atoms with E-state index in [4.69, 9.17) is 49.8 Å². The van der Waals surface area contributed by atoms with Crippen LogP contribution >= 0.6 is 22.4 Å². The Morgan fingerprint density at radius 3 is 2.30 bits per heavy atom. The van der Waals surface area contributed by atoms with Crippen molar-refractivity contribution in [1.82, 2.24) is 19.9 Å². The summed E-state index contributed by atoms with van der Waals surface area (Å²) in [6.45, 7) is -1.04.